The number of amides is 2. The molecule has 23 heavy (non-hydrogen) atoms. The Morgan fingerprint density at radius 3 is 2.52 bits per heavy atom. The number of carbonyl (C=O) groups excluding carboxylic acids is 2. The van der Waals surface area contributed by atoms with Gasteiger partial charge in [-0.3, -0.25) is 4.79 Å². The van der Waals surface area contributed by atoms with Crippen LogP contribution in [-0.4, -0.2) is 41.7 Å². The van der Waals surface area contributed by atoms with Gasteiger partial charge in [-0.1, -0.05) is 30.3 Å². The quantitative estimate of drug-likeness (QED) is 0.872. The number of quaternary nitrogens is 1. The smallest absolute Gasteiger partial charge is 0.414 e. The van der Waals surface area contributed by atoms with Crippen LogP contribution < -0.4 is 5.32 Å². The highest BCUT2D eigenvalue weighted by atomic mass is 16.6. The molecule has 126 valence electrons. The minimum absolute atomic E-state index is 0.0257. The van der Waals surface area contributed by atoms with Crippen LogP contribution in [0, 0.1) is 0 Å². The van der Waals surface area contributed by atoms with Crippen molar-refractivity contribution in [3.8, 4) is 0 Å². The third-order valence-electron chi connectivity index (χ3n) is 4.21. The number of nitrogens with one attached hydrogen (secondary N) is 1. The van der Waals surface area contributed by atoms with Crippen LogP contribution in [-0.2, 0) is 16.1 Å². The highest BCUT2D eigenvalue weighted by Gasteiger charge is 2.50. The van der Waals surface area contributed by atoms with Crippen molar-refractivity contribution in [3.05, 3.63) is 35.9 Å². The third-order valence-corrected chi connectivity index (χ3v) is 4.21. The van der Waals surface area contributed by atoms with Crippen molar-refractivity contribution in [2.24, 2.45) is 0 Å². The van der Waals surface area contributed by atoms with E-state index < -0.39 is 5.60 Å². The number of likely N-dealkylation sites (tertiary alicyclic amines) is 1. The summed E-state index contributed by atoms with van der Waals surface area (Å²) in [5.41, 5.74) is 0.497. The third kappa shape index (κ3) is 4.32. The zero-order chi connectivity index (χ0) is 17.1. The van der Waals surface area contributed by atoms with Gasteiger partial charge >= 0.3 is 6.09 Å². The molecule has 1 fully saturated rings. The standard InChI is InChI=1S/C18H26N2O3/c1-18(2,3)23-17(22)20(4)12-8-11-15(20)16(21)19-13-14-9-6-5-7-10-14/h5-7,9-10,15H,8,11-13H2,1-4H3/p+1/t15?,20-/m1/s1. The summed E-state index contributed by atoms with van der Waals surface area (Å²) in [5, 5.41) is 2.95. The van der Waals surface area contributed by atoms with Crippen molar-refractivity contribution in [2.45, 2.75) is 51.8 Å². The van der Waals surface area contributed by atoms with E-state index >= 15 is 0 Å². The second-order valence-corrected chi connectivity index (χ2v) is 7.33. The molecule has 2 atom stereocenters. The molecule has 2 rings (SSSR count). The summed E-state index contributed by atoms with van der Waals surface area (Å²) in [6.07, 6.45) is 1.23. The van der Waals surface area contributed by atoms with E-state index in [1.807, 2.05) is 51.1 Å². The van der Waals surface area contributed by atoms with Crippen molar-refractivity contribution in [1.29, 1.82) is 0 Å². The first kappa shape index (κ1) is 17.5. The van der Waals surface area contributed by atoms with Gasteiger partial charge in [-0.25, -0.2) is 4.48 Å². The molecule has 5 nitrogen and oxygen atoms in total. The molecule has 0 aromatic heterocycles. The van der Waals surface area contributed by atoms with Crippen LogP contribution in [0.1, 0.15) is 39.2 Å². The summed E-state index contributed by atoms with van der Waals surface area (Å²) in [6.45, 7) is 6.65. The number of nitrogens with zero attached hydrogens (tertiary/aromatic N) is 1. The first-order valence-corrected chi connectivity index (χ1v) is 8.13. The fraction of sp³-hybridized carbons (Fsp3) is 0.556. The van der Waals surface area contributed by atoms with Crippen LogP contribution in [0.3, 0.4) is 0 Å². The van der Waals surface area contributed by atoms with Crippen molar-refractivity contribution in [1.82, 2.24) is 5.32 Å². The van der Waals surface area contributed by atoms with E-state index in [0.29, 0.717) is 19.5 Å². The first-order chi connectivity index (χ1) is 10.7. The minimum Gasteiger partial charge on any atom is -0.414 e. The van der Waals surface area contributed by atoms with Crippen LogP contribution in [0.2, 0.25) is 0 Å². The second-order valence-electron chi connectivity index (χ2n) is 7.33. The SMILES string of the molecule is CC(C)(C)OC(=O)[N@+]1(C)CCCC1C(=O)NCc1ccccc1. The summed E-state index contributed by atoms with van der Waals surface area (Å²) in [4.78, 5) is 25.1. The molecule has 1 unspecified atom stereocenters. The van der Waals surface area contributed by atoms with Crippen molar-refractivity contribution in [2.75, 3.05) is 13.6 Å². The molecule has 1 aromatic carbocycles. The predicted molar refractivity (Wildman–Crippen MR) is 88.6 cm³/mol. The molecular weight excluding hydrogens is 292 g/mol. The largest absolute Gasteiger partial charge is 0.516 e. The number of hydrogen-bond acceptors (Lipinski definition) is 3. The zero-order valence-corrected chi connectivity index (χ0v) is 14.5. The molecule has 5 heteroatoms. The molecule has 0 saturated carbocycles. The summed E-state index contributed by atoms with van der Waals surface area (Å²) in [5.74, 6) is -0.0836. The molecule has 2 amide bonds. The zero-order valence-electron chi connectivity index (χ0n) is 14.5. The van der Waals surface area contributed by atoms with E-state index in [0.717, 1.165) is 12.0 Å². The van der Waals surface area contributed by atoms with Crippen molar-refractivity contribution in [3.63, 3.8) is 0 Å². The number of likely N-dealkylation sites (N-methyl/N-ethyl adjacent to an activating group) is 1. The molecule has 1 saturated heterocycles. The molecule has 0 aliphatic carbocycles. The van der Waals surface area contributed by atoms with Gasteiger partial charge in [-0.15, -0.1) is 0 Å². The van der Waals surface area contributed by atoms with Gasteiger partial charge in [0.25, 0.3) is 5.91 Å². The van der Waals surface area contributed by atoms with Crippen LogP contribution in [0.25, 0.3) is 0 Å². The molecule has 1 N–H and O–H groups in total. The Bertz CT molecular complexity index is 565. The Hall–Kier alpha value is -1.88. The lowest BCUT2D eigenvalue weighted by molar-refractivity contribution is -0.841. The molecule has 0 radical (unpaired) electrons. The van der Waals surface area contributed by atoms with Gasteiger partial charge < -0.3 is 10.1 Å². The maximum absolute atomic E-state index is 12.6. The van der Waals surface area contributed by atoms with Gasteiger partial charge in [0.2, 0.25) is 0 Å². The van der Waals surface area contributed by atoms with Gasteiger partial charge in [0.05, 0.1) is 13.6 Å². The van der Waals surface area contributed by atoms with Crippen LogP contribution in [0.5, 0.6) is 0 Å². The van der Waals surface area contributed by atoms with E-state index in [1.54, 1.807) is 7.05 Å². The van der Waals surface area contributed by atoms with Crippen LogP contribution in [0.4, 0.5) is 4.79 Å². The van der Waals surface area contributed by atoms with Gasteiger partial charge in [0.1, 0.15) is 5.60 Å². The lowest BCUT2D eigenvalue weighted by Crippen LogP contribution is -2.59. The number of carbonyl (C=O) groups is 2. The predicted octanol–water partition coefficient (Wildman–Crippen LogP) is 2.85. The molecule has 0 bridgehead atoms. The Balaban J connectivity index is 2.02. The van der Waals surface area contributed by atoms with Gasteiger partial charge in [0.15, 0.2) is 6.04 Å². The Morgan fingerprint density at radius 1 is 1.26 bits per heavy atom. The summed E-state index contributed by atoms with van der Waals surface area (Å²) < 4.78 is 5.55. The number of benzene rings is 1. The highest BCUT2D eigenvalue weighted by molar-refractivity contribution is 5.82. The van der Waals surface area contributed by atoms with E-state index in [4.69, 9.17) is 4.74 Å². The van der Waals surface area contributed by atoms with E-state index in [1.165, 1.54) is 0 Å². The molecule has 1 aliphatic heterocycles. The summed E-state index contributed by atoms with van der Waals surface area (Å²) in [7, 11) is 1.80. The van der Waals surface area contributed by atoms with E-state index in [-0.39, 0.29) is 22.5 Å². The minimum atomic E-state index is -0.550. The van der Waals surface area contributed by atoms with E-state index in [2.05, 4.69) is 5.32 Å². The van der Waals surface area contributed by atoms with Crippen molar-refractivity contribution >= 4 is 12.0 Å². The van der Waals surface area contributed by atoms with Gasteiger partial charge in [-0.05, 0) is 26.3 Å². The topological polar surface area (TPSA) is 55.4 Å². The molecular formula is C18H27N2O3+. The highest BCUT2D eigenvalue weighted by Crippen LogP contribution is 2.28. The maximum Gasteiger partial charge on any atom is 0.516 e. The van der Waals surface area contributed by atoms with Crippen LogP contribution in [0.15, 0.2) is 30.3 Å². The normalized spacial score (nSPS) is 24.3. The fourth-order valence-corrected chi connectivity index (χ4v) is 2.93. The first-order valence-electron chi connectivity index (χ1n) is 8.13. The van der Waals surface area contributed by atoms with Gasteiger partial charge in [-0.2, -0.15) is 4.79 Å². The van der Waals surface area contributed by atoms with Gasteiger partial charge in [0, 0.05) is 19.4 Å². The summed E-state index contributed by atoms with van der Waals surface area (Å²) in [6, 6.07) is 9.39. The Labute approximate surface area is 138 Å². The molecule has 1 aliphatic rings. The number of ether oxygens (including phenoxy) is 1. The van der Waals surface area contributed by atoms with E-state index in [9.17, 15) is 9.59 Å². The molecule has 0 spiro atoms. The van der Waals surface area contributed by atoms with Crippen LogP contribution >= 0.6 is 0 Å². The Morgan fingerprint density at radius 2 is 1.91 bits per heavy atom. The van der Waals surface area contributed by atoms with Crippen molar-refractivity contribution < 1.29 is 18.8 Å². The number of rotatable bonds is 3. The average molecular weight is 319 g/mol. The lowest BCUT2D eigenvalue weighted by Gasteiger charge is -2.33. The lowest BCUT2D eigenvalue weighted by atomic mass is 10.1. The number of hydrogen-bond donors (Lipinski definition) is 1. The molecule has 1 heterocycles. The average Bonchev–Trinajstić information content (AvgIpc) is 2.87. The fourth-order valence-electron chi connectivity index (χ4n) is 2.93. The molecule has 1 aromatic rings. The maximum atomic E-state index is 12.6. The second kappa shape index (κ2) is 6.71. The Kier molecular flexibility index (Phi) is 5.09. The summed E-state index contributed by atoms with van der Waals surface area (Å²) >= 11 is 0. The monoisotopic (exact) mass is 319 g/mol.